The Kier molecular flexibility index (Phi) is 5.81. The Bertz CT molecular complexity index is 844. The molecule has 1 heterocycles. The lowest BCUT2D eigenvalue weighted by molar-refractivity contribution is 0.0906. The molecule has 0 aliphatic rings. The summed E-state index contributed by atoms with van der Waals surface area (Å²) in [6.45, 7) is 2.99. The molecule has 0 bridgehead atoms. The van der Waals surface area contributed by atoms with Crippen molar-refractivity contribution in [2.45, 2.75) is 19.5 Å². The second-order valence-corrected chi connectivity index (χ2v) is 6.27. The lowest BCUT2D eigenvalue weighted by Crippen LogP contribution is -2.35. The fourth-order valence-corrected chi connectivity index (χ4v) is 2.84. The lowest BCUT2D eigenvalue weighted by atomic mass is 10.1. The summed E-state index contributed by atoms with van der Waals surface area (Å²) < 4.78 is 6.92. The fourth-order valence-electron chi connectivity index (χ4n) is 2.84. The van der Waals surface area contributed by atoms with Gasteiger partial charge in [-0.3, -0.25) is 9.48 Å². The van der Waals surface area contributed by atoms with E-state index >= 15 is 0 Å². The average molecular weight is 349 g/mol. The summed E-state index contributed by atoms with van der Waals surface area (Å²) in [4.78, 5) is 12.8. The molecule has 0 spiro atoms. The second kappa shape index (κ2) is 8.45. The highest BCUT2D eigenvalue weighted by molar-refractivity contribution is 5.99. The molecular formula is C21H23N3O2. The number of ether oxygens (including phenoxy) is 1. The number of amides is 1. The molecule has 1 amide bonds. The maximum absolute atomic E-state index is 12.8. The highest BCUT2D eigenvalue weighted by Crippen LogP contribution is 2.22. The quantitative estimate of drug-likeness (QED) is 0.711. The summed E-state index contributed by atoms with van der Waals surface area (Å²) in [5, 5.41) is 7.64. The Morgan fingerprint density at radius 1 is 1.12 bits per heavy atom. The first-order valence-corrected chi connectivity index (χ1v) is 8.64. The fraction of sp³-hybridized carbons (Fsp3) is 0.238. The van der Waals surface area contributed by atoms with Gasteiger partial charge < -0.3 is 10.1 Å². The summed E-state index contributed by atoms with van der Waals surface area (Å²) in [5.74, 6) is -0.146. The minimum Gasteiger partial charge on any atom is -0.383 e. The summed E-state index contributed by atoms with van der Waals surface area (Å²) in [6.07, 6.45) is 1.81. The van der Waals surface area contributed by atoms with Gasteiger partial charge in [0.1, 0.15) is 5.69 Å². The van der Waals surface area contributed by atoms with Crippen LogP contribution in [0.15, 0.2) is 66.9 Å². The monoisotopic (exact) mass is 349 g/mol. The number of nitrogens with zero attached hydrogens (tertiary/aromatic N) is 2. The normalized spacial score (nSPS) is 11.9. The van der Waals surface area contributed by atoms with E-state index < -0.39 is 0 Å². The van der Waals surface area contributed by atoms with Crippen molar-refractivity contribution in [3.8, 4) is 11.3 Å². The molecule has 0 aliphatic carbocycles. The summed E-state index contributed by atoms with van der Waals surface area (Å²) in [6, 6.07) is 19.8. The highest BCUT2D eigenvalue weighted by atomic mass is 16.5. The molecule has 1 aromatic heterocycles. The maximum atomic E-state index is 12.8. The van der Waals surface area contributed by atoms with Gasteiger partial charge in [0.05, 0.1) is 18.7 Å². The molecule has 26 heavy (non-hydrogen) atoms. The Hall–Kier alpha value is -2.92. The Balaban J connectivity index is 1.91. The number of nitrogens with one attached hydrogen (secondary N) is 1. The molecule has 1 N–H and O–H groups in total. The Labute approximate surface area is 153 Å². The molecule has 0 radical (unpaired) electrons. The molecular weight excluding hydrogens is 326 g/mol. The zero-order valence-electron chi connectivity index (χ0n) is 15.1. The molecule has 3 aromatic rings. The molecule has 0 aliphatic heterocycles. The third-order valence-corrected chi connectivity index (χ3v) is 4.04. The van der Waals surface area contributed by atoms with Gasteiger partial charge in [-0.25, -0.2) is 0 Å². The van der Waals surface area contributed by atoms with Gasteiger partial charge >= 0.3 is 0 Å². The smallest absolute Gasteiger partial charge is 0.255 e. The van der Waals surface area contributed by atoms with E-state index in [1.807, 2.05) is 78.5 Å². The van der Waals surface area contributed by atoms with Gasteiger partial charge in [-0.15, -0.1) is 0 Å². The molecule has 0 saturated heterocycles. The van der Waals surface area contributed by atoms with Crippen LogP contribution in [0.25, 0.3) is 11.3 Å². The average Bonchev–Trinajstić information content (AvgIpc) is 3.07. The van der Waals surface area contributed by atoms with E-state index in [0.29, 0.717) is 24.4 Å². The van der Waals surface area contributed by atoms with Crippen LogP contribution in [-0.2, 0) is 11.3 Å². The van der Waals surface area contributed by atoms with Crippen LogP contribution in [0.4, 0.5) is 0 Å². The Morgan fingerprint density at radius 3 is 2.42 bits per heavy atom. The maximum Gasteiger partial charge on any atom is 0.255 e. The van der Waals surface area contributed by atoms with Gasteiger partial charge in [-0.1, -0.05) is 60.7 Å². The molecule has 5 nitrogen and oxygen atoms in total. The van der Waals surface area contributed by atoms with Crippen molar-refractivity contribution in [3.63, 3.8) is 0 Å². The van der Waals surface area contributed by atoms with Crippen molar-refractivity contribution in [1.29, 1.82) is 0 Å². The molecule has 5 heteroatoms. The summed E-state index contributed by atoms with van der Waals surface area (Å²) in [7, 11) is 1.62. The molecule has 0 fully saturated rings. The molecule has 0 saturated carbocycles. The molecule has 1 atom stereocenters. The topological polar surface area (TPSA) is 56.1 Å². The summed E-state index contributed by atoms with van der Waals surface area (Å²) in [5.41, 5.74) is 3.30. The lowest BCUT2D eigenvalue weighted by Gasteiger charge is -2.12. The molecule has 2 aromatic carbocycles. The van der Waals surface area contributed by atoms with Gasteiger partial charge in [-0.2, -0.15) is 5.10 Å². The minimum atomic E-state index is -0.146. The number of aromatic nitrogens is 2. The number of methoxy groups -OCH3 is 1. The summed E-state index contributed by atoms with van der Waals surface area (Å²) >= 11 is 0. The van der Waals surface area contributed by atoms with Crippen LogP contribution >= 0.6 is 0 Å². The van der Waals surface area contributed by atoms with Crippen LogP contribution < -0.4 is 5.32 Å². The standard InChI is InChI=1S/C21H23N3O2/c1-16(15-26-2)22-21(25)19-14-24(13-17-9-5-3-6-10-17)23-20(19)18-11-7-4-8-12-18/h3-12,14,16H,13,15H2,1-2H3,(H,22,25). The van der Waals surface area contributed by atoms with Gasteiger partial charge in [0.15, 0.2) is 0 Å². The van der Waals surface area contributed by atoms with Crippen molar-refractivity contribution in [1.82, 2.24) is 15.1 Å². The highest BCUT2D eigenvalue weighted by Gasteiger charge is 2.19. The van der Waals surface area contributed by atoms with Gasteiger partial charge in [0, 0.05) is 24.9 Å². The van der Waals surface area contributed by atoms with Crippen molar-refractivity contribution in [2.24, 2.45) is 0 Å². The van der Waals surface area contributed by atoms with Crippen LogP contribution in [-0.4, -0.2) is 35.4 Å². The zero-order chi connectivity index (χ0) is 18.4. The van der Waals surface area contributed by atoms with E-state index in [2.05, 4.69) is 10.4 Å². The molecule has 134 valence electrons. The number of hydrogen-bond donors (Lipinski definition) is 1. The largest absolute Gasteiger partial charge is 0.383 e. The second-order valence-electron chi connectivity index (χ2n) is 6.27. The van der Waals surface area contributed by atoms with Crippen molar-refractivity contribution >= 4 is 5.91 Å². The van der Waals surface area contributed by atoms with Gasteiger partial charge in [0.25, 0.3) is 5.91 Å². The third kappa shape index (κ3) is 4.37. The van der Waals surface area contributed by atoms with Crippen molar-refractivity contribution in [3.05, 3.63) is 78.0 Å². The van der Waals surface area contributed by atoms with Gasteiger partial charge in [0.2, 0.25) is 0 Å². The van der Waals surface area contributed by atoms with Crippen molar-refractivity contribution < 1.29 is 9.53 Å². The van der Waals surface area contributed by atoms with Crippen LogP contribution in [0.2, 0.25) is 0 Å². The number of rotatable bonds is 7. The Morgan fingerprint density at radius 2 is 1.77 bits per heavy atom. The number of carbonyl (C=O) groups is 1. The van der Waals surface area contributed by atoms with Crippen LogP contribution in [0.1, 0.15) is 22.8 Å². The number of hydrogen-bond acceptors (Lipinski definition) is 3. The van der Waals surface area contributed by atoms with Crippen LogP contribution in [0, 0.1) is 0 Å². The first-order chi connectivity index (χ1) is 12.7. The number of carbonyl (C=O) groups excluding carboxylic acids is 1. The minimum absolute atomic E-state index is 0.0754. The SMILES string of the molecule is COCC(C)NC(=O)c1cn(Cc2ccccc2)nc1-c1ccccc1. The van der Waals surface area contributed by atoms with E-state index in [-0.39, 0.29) is 11.9 Å². The predicted octanol–water partition coefficient (Wildman–Crippen LogP) is 3.36. The van der Waals surface area contributed by atoms with Crippen LogP contribution in [0.3, 0.4) is 0 Å². The van der Waals surface area contributed by atoms with Gasteiger partial charge in [-0.05, 0) is 12.5 Å². The van der Waals surface area contributed by atoms with E-state index in [1.54, 1.807) is 7.11 Å². The predicted molar refractivity (Wildman–Crippen MR) is 102 cm³/mol. The first-order valence-electron chi connectivity index (χ1n) is 8.64. The zero-order valence-corrected chi connectivity index (χ0v) is 15.1. The molecule has 3 rings (SSSR count). The number of benzene rings is 2. The van der Waals surface area contributed by atoms with E-state index in [1.165, 1.54) is 0 Å². The third-order valence-electron chi connectivity index (χ3n) is 4.04. The van der Waals surface area contributed by atoms with E-state index in [9.17, 15) is 4.79 Å². The van der Waals surface area contributed by atoms with E-state index in [0.717, 1.165) is 11.1 Å². The van der Waals surface area contributed by atoms with E-state index in [4.69, 9.17) is 4.74 Å². The molecule has 1 unspecified atom stereocenters. The van der Waals surface area contributed by atoms with Crippen molar-refractivity contribution in [2.75, 3.05) is 13.7 Å². The first kappa shape index (κ1) is 17.9. The van der Waals surface area contributed by atoms with Crippen LogP contribution in [0.5, 0.6) is 0 Å².